The van der Waals surface area contributed by atoms with E-state index in [4.69, 9.17) is 9.47 Å². The molecule has 1 aliphatic rings. The minimum atomic E-state index is -3.63. The van der Waals surface area contributed by atoms with E-state index in [-0.39, 0.29) is 29.5 Å². The van der Waals surface area contributed by atoms with Crippen LogP contribution >= 0.6 is 11.3 Å². The van der Waals surface area contributed by atoms with Crippen LogP contribution in [0.1, 0.15) is 37.6 Å². The van der Waals surface area contributed by atoms with E-state index in [1.54, 1.807) is 23.1 Å². The van der Waals surface area contributed by atoms with Gasteiger partial charge in [-0.2, -0.15) is 8.78 Å². The fourth-order valence-corrected chi connectivity index (χ4v) is 3.63. The highest BCUT2D eigenvalue weighted by Gasteiger charge is 2.39. The molecule has 1 aromatic carbocycles. The number of nitrogens with zero attached hydrogens (tertiary/aromatic N) is 3. The van der Waals surface area contributed by atoms with Crippen LogP contribution in [0.4, 0.5) is 8.78 Å². The van der Waals surface area contributed by atoms with Crippen LogP contribution in [0.15, 0.2) is 30.3 Å². The standard InChI is InChI=1S/C18H21F2N3O3S/c1-2-13-8-6-7-11-23(13)15(24)12-25-17-22-21-16(27-17)18(19,20)26-14-9-4-3-5-10-14/h3-5,9-10,13H,2,6-8,11-12H2,1H3. The lowest BCUT2D eigenvalue weighted by Crippen LogP contribution is -2.45. The summed E-state index contributed by atoms with van der Waals surface area (Å²) in [6.45, 7) is 2.50. The van der Waals surface area contributed by atoms with Crippen LogP contribution in [0.2, 0.25) is 0 Å². The first kappa shape index (κ1) is 19.5. The number of amides is 1. The summed E-state index contributed by atoms with van der Waals surface area (Å²) in [4.78, 5) is 14.2. The average Bonchev–Trinajstić information content (AvgIpc) is 3.16. The summed E-state index contributed by atoms with van der Waals surface area (Å²) in [5.74, 6) is -0.142. The Labute approximate surface area is 160 Å². The van der Waals surface area contributed by atoms with Gasteiger partial charge in [0.25, 0.3) is 11.1 Å². The maximum atomic E-state index is 14.2. The third-order valence-corrected chi connectivity index (χ3v) is 5.27. The van der Waals surface area contributed by atoms with E-state index in [1.807, 2.05) is 6.92 Å². The van der Waals surface area contributed by atoms with Gasteiger partial charge in [-0.25, -0.2) is 0 Å². The molecule has 2 heterocycles. The van der Waals surface area contributed by atoms with Crippen LogP contribution < -0.4 is 9.47 Å². The number of likely N-dealkylation sites (tertiary alicyclic amines) is 1. The predicted octanol–water partition coefficient (Wildman–Crippen LogP) is 3.84. The lowest BCUT2D eigenvalue weighted by molar-refractivity contribution is -0.185. The fraction of sp³-hybridized carbons (Fsp3) is 0.500. The minimum absolute atomic E-state index is 0.0195. The normalized spacial score (nSPS) is 17.6. The summed E-state index contributed by atoms with van der Waals surface area (Å²) in [7, 11) is 0. The van der Waals surface area contributed by atoms with Gasteiger partial charge < -0.3 is 14.4 Å². The van der Waals surface area contributed by atoms with Gasteiger partial charge in [0, 0.05) is 12.6 Å². The topological polar surface area (TPSA) is 64.6 Å². The Balaban J connectivity index is 1.58. The third kappa shape index (κ3) is 4.91. The minimum Gasteiger partial charge on any atom is -0.459 e. The van der Waals surface area contributed by atoms with Crippen molar-refractivity contribution in [2.24, 2.45) is 0 Å². The Bertz CT molecular complexity index is 757. The molecule has 1 aliphatic heterocycles. The molecule has 0 N–H and O–H groups in total. The summed E-state index contributed by atoms with van der Waals surface area (Å²) in [6, 6.07) is 7.95. The fourth-order valence-electron chi connectivity index (χ4n) is 3.03. The van der Waals surface area contributed by atoms with Crippen molar-refractivity contribution in [2.45, 2.75) is 44.8 Å². The first-order valence-electron chi connectivity index (χ1n) is 8.87. The van der Waals surface area contributed by atoms with Crippen LogP contribution in [0.3, 0.4) is 0 Å². The Morgan fingerprint density at radius 2 is 2.07 bits per heavy atom. The Kier molecular flexibility index (Phi) is 6.20. The maximum absolute atomic E-state index is 14.2. The van der Waals surface area contributed by atoms with Crippen LogP contribution in [0.5, 0.6) is 10.9 Å². The monoisotopic (exact) mass is 397 g/mol. The lowest BCUT2D eigenvalue weighted by atomic mass is 10.00. The van der Waals surface area contributed by atoms with Gasteiger partial charge in [-0.15, -0.1) is 5.10 Å². The second-order valence-corrected chi connectivity index (χ2v) is 7.18. The highest BCUT2D eigenvalue weighted by Crippen LogP contribution is 2.35. The number of para-hydroxylation sites is 1. The van der Waals surface area contributed by atoms with Crippen LogP contribution in [-0.2, 0) is 10.9 Å². The molecule has 1 saturated heterocycles. The number of carbonyl (C=O) groups is 1. The van der Waals surface area contributed by atoms with Gasteiger partial charge in [0.2, 0.25) is 5.01 Å². The average molecular weight is 397 g/mol. The lowest BCUT2D eigenvalue weighted by Gasteiger charge is -2.35. The van der Waals surface area contributed by atoms with Crippen molar-refractivity contribution in [1.29, 1.82) is 0 Å². The summed E-state index contributed by atoms with van der Waals surface area (Å²) in [5.41, 5.74) is 0. The zero-order valence-corrected chi connectivity index (χ0v) is 15.8. The Morgan fingerprint density at radius 3 is 2.81 bits per heavy atom. The molecule has 0 radical (unpaired) electrons. The van der Waals surface area contributed by atoms with Gasteiger partial charge >= 0.3 is 6.11 Å². The first-order chi connectivity index (χ1) is 13.0. The van der Waals surface area contributed by atoms with Crippen LogP contribution in [0, 0.1) is 0 Å². The number of halogens is 2. The van der Waals surface area contributed by atoms with E-state index in [1.165, 1.54) is 12.1 Å². The zero-order valence-electron chi connectivity index (χ0n) is 14.9. The van der Waals surface area contributed by atoms with E-state index in [9.17, 15) is 13.6 Å². The van der Waals surface area contributed by atoms with E-state index in [0.717, 1.165) is 25.7 Å². The van der Waals surface area contributed by atoms with Crippen molar-refractivity contribution >= 4 is 17.2 Å². The molecular formula is C18H21F2N3O3S. The van der Waals surface area contributed by atoms with Crippen molar-refractivity contribution in [3.05, 3.63) is 35.3 Å². The molecule has 6 nitrogen and oxygen atoms in total. The molecule has 0 aliphatic carbocycles. The quantitative estimate of drug-likeness (QED) is 0.710. The van der Waals surface area contributed by atoms with Crippen molar-refractivity contribution in [3.8, 4) is 10.9 Å². The highest BCUT2D eigenvalue weighted by atomic mass is 32.1. The molecule has 0 saturated carbocycles. The third-order valence-electron chi connectivity index (χ3n) is 4.38. The van der Waals surface area contributed by atoms with Crippen LogP contribution in [-0.4, -0.2) is 40.2 Å². The van der Waals surface area contributed by atoms with Crippen molar-refractivity contribution in [3.63, 3.8) is 0 Å². The Hall–Kier alpha value is -2.29. The van der Waals surface area contributed by atoms with E-state index in [2.05, 4.69) is 10.2 Å². The molecule has 0 bridgehead atoms. The number of benzene rings is 1. The number of hydrogen-bond donors (Lipinski definition) is 0. The molecule has 3 rings (SSSR count). The van der Waals surface area contributed by atoms with Gasteiger partial charge in [-0.05, 0) is 49.2 Å². The van der Waals surface area contributed by atoms with Crippen molar-refractivity contribution < 1.29 is 23.0 Å². The number of ether oxygens (including phenoxy) is 2. The predicted molar refractivity (Wildman–Crippen MR) is 96.0 cm³/mol. The van der Waals surface area contributed by atoms with E-state index >= 15 is 0 Å². The number of rotatable bonds is 7. The zero-order chi connectivity index (χ0) is 19.3. The molecule has 1 unspecified atom stereocenters. The van der Waals surface area contributed by atoms with Crippen LogP contribution in [0.25, 0.3) is 0 Å². The number of hydrogen-bond acceptors (Lipinski definition) is 6. The summed E-state index contributed by atoms with van der Waals surface area (Å²) < 4.78 is 38.4. The SMILES string of the molecule is CCC1CCCCN1C(=O)COc1nnc(C(F)(F)Oc2ccccc2)s1. The number of carbonyl (C=O) groups excluding carboxylic acids is 1. The summed E-state index contributed by atoms with van der Waals surface area (Å²) in [5, 5.41) is 6.33. The molecule has 0 spiro atoms. The van der Waals surface area contributed by atoms with Gasteiger partial charge in [-0.3, -0.25) is 4.79 Å². The second-order valence-electron chi connectivity index (χ2n) is 6.24. The van der Waals surface area contributed by atoms with Gasteiger partial charge in [0.1, 0.15) is 5.75 Å². The van der Waals surface area contributed by atoms with Crippen molar-refractivity contribution in [2.75, 3.05) is 13.2 Å². The smallest absolute Gasteiger partial charge is 0.456 e. The highest BCUT2D eigenvalue weighted by molar-refractivity contribution is 7.13. The Morgan fingerprint density at radius 1 is 1.30 bits per heavy atom. The molecule has 1 atom stereocenters. The molecule has 9 heteroatoms. The second kappa shape index (κ2) is 8.60. The number of alkyl halides is 2. The molecule has 1 amide bonds. The molecule has 146 valence electrons. The first-order valence-corrected chi connectivity index (χ1v) is 9.69. The number of piperidine rings is 1. The molecule has 1 fully saturated rings. The summed E-state index contributed by atoms with van der Waals surface area (Å²) in [6.07, 6.45) is 0.310. The molecule has 2 aromatic rings. The molecular weight excluding hydrogens is 376 g/mol. The van der Waals surface area contributed by atoms with Crippen molar-refractivity contribution in [1.82, 2.24) is 15.1 Å². The van der Waals surface area contributed by atoms with Gasteiger partial charge in [0.15, 0.2) is 6.61 Å². The maximum Gasteiger partial charge on any atom is 0.456 e. The van der Waals surface area contributed by atoms with Gasteiger partial charge in [-0.1, -0.05) is 30.2 Å². The molecule has 27 heavy (non-hydrogen) atoms. The van der Waals surface area contributed by atoms with Gasteiger partial charge in [0.05, 0.1) is 0 Å². The largest absolute Gasteiger partial charge is 0.459 e. The van der Waals surface area contributed by atoms with E-state index in [0.29, 0.717) is 17.9 Å². The summed E-state index contributed by atoms with van der Waals surface area (Å²) >= 11 is 0.564. The number of aromatic nitrogens is 2. The molecule has 1 aromatic heterocycles. The van der Waals surface area contributed by atoms with E-state index < -0.39 is 11.1 Å².